The van der Waals surface area contributed by atoms with Crippen molar-refractivity contribution in [3.63, 3.8) is 0 Å². The van der Waals surface area contributed by atoms with Gasteiger partial charge in [0.25, 0.3) is 0 Å². The van der Waals surface area contributed by atoms with Crippen LogP contribution < -0.4 is 5.32 Å². The van der Waals surface area contributed by atoms with E-state index >= 15 is 0 Å². The summed E-state index contributed by atoms with van der Waals surface area (Å²) in [6, 6.07) is 12.4. The zero-order valence-electron chi connectivity index (χ0n) is 17.3. The van der Waals surface area contributed by atoms with Crippen molar-refractivity contribution in [3.8, 4) is 10.6 Å². The normalized spacial score (nSPS) is 11.2. The van der Waals surface area contributed by atoms with Crippen molar-refractivity contribution in [3.05, 3.63) is 70.8 Å². The number of nitrogens with one attached hydrogen (secondary N) is 1. The molecule has 0 fully saturated rings. The molecule has 0 spiro atoms. The Labute approximate surface area is 175 Å². The molecule has 29 heavy (non-hydrogen) atoms. The standard InChI is InChI=1S/C22H26N6S/c1-5-28-17(4)19(15(2)25-28)13-23-22-24-16(3)21(29-22)20-11-12-27(26-20)14-18-9-7-6-8-10-18/h6-12H,5,13-14H2,1-4H3,(H,23,24). The molecule has 3 heterocycles. The maximum absolute atomic E-state index is 4.76. The smallest absolute Gasteiger partial charge is 0.183 e. The Morgan fingerprint density at radius 3 is 2.52 bits per heavy atom. The third-order valence-corrected chi connectivity index (χ3v) is 6.24. The summed E-state index contributed by atoms with van der Waals surface area (Å²) < 4.78 is 4.02. The average Bonchev–Trinajstić information content (AvgIpc) is 3.39. The van der Waals surface area contributed by atoms with Crippen LogP contribution in [0.5, 0.6) is 0 Å². The van der Waals surface area contributed by atoms with Gasteiger partial charge in [-0.15, -0.1) is 0 Å². The first kappa shape index (κ1) is 19.4. The predicted octanol–water partition coefficient (Wildman–Crippen LogP) is 4.81. The second kappa shape index (κ2) is 8.21. The molecule has 4 aromatic rings. The van der Waals surface area contributed by atoms with Crippen LogP contribution in [0.15, 0.2) is 42.6 Å². The van der Waals surface area contributed by atoms with E-state index in [2.05, 4.69) is 61.5 Å². The number of rotatable bonds is 7. The number of hydrogen-bond donors (Lipinski definition) is 1. The number of aryl methyl sites for hydroxylation is 3. The molecule has 0 radical (unpaired) electrons. The highest BCUT2D eigenvalue weighted by Gasteiger charge is 2.15. The van der Waals surface area contributed by atoms with E-state index in [-0.39, 0.29) is 0 Å². The highest BCUT2D eigenvalue weighted by molar-refractivity contribution is 7.19. The van der Waals surface area contributed by atoms with Crippen LogP contribution in [0.4, 0.5) is 5.13 Å². The predicted molar refractivity (Wildman–Crippen MR) is 118 cm³/mol. The van der Waals surface area contributed by atoms with E-state index in [0.29, 0.717) is 0 Å². The molecule has 150 valence electrons. The summed E-state index contributed by atoms with van der Waals surface area (Å²) in [6.45, 7) is 10.7. The summed E-state index contributed by atoms with van der Waals surface area (Å²) in [5.74, 6) is 0. The summed E-state index contributed by atoms with van der Waals surface area (Å²) in [7, 11) is 0. The molecule has 0 saturated carbocycles. The summed E-state index contributed by atoms with van der Waals surface area (Å²) in [5.41, 5.74) is 6.74. The minimum atomic E-state index is 0.729. The largest absolute Gasteiger partial charge is 0.357 e. The van der Waals surface area contributed by atoms with Gasteiger partial charge in [0.05, 0.1) is 22.8 Å². The van der Waals surface area contributed by atoms with Crippen LogP contribution in [0.3, 0.4) is 0 Å². The van der Waals surface area contributed by atoms with Gasteiger partial charge in [-0.05, 0) is 39.3 Å². The molecule has 0 amide bonds. The van der Waals surface area contributed by atoms with Crippen molar-refractivity contribution in [1.82, 2.24) is 24.5 Å². The average molecular weight is 407 g/mol. The fourth-order valence-electron chi connectivity index (χ4n) is 3.51. The Hall–Kier alpha value is -2.93. The van der Waals surface area contributed by atoms with Crippen molar-refractivity contribution in [1.29, 1.82) is 0 Å². The summed E-state index contributed by atoms with van der Waals surface area (Å²) >= 11 is 1.65. The molecular formula is C22H26N6S. The van der Waals surface area contributed by atoms with E-state index in [1.165, 1.54) is 16.8 Å². The maximum atomic E-state index is 4.76. The number of hydrogen-bond acceptors (Lipinski definition) is 5. The van der Waals surface area contributed by atoms with E-state index in [4.69, 9.17) is 10.1 Å². The summed E-state index contributed by atoms with van der Waals surface area (Å²) in [6.07, 6.45) is 2.03. The molecular weight excluding hydrogens is 380 g/mol. The van der Waals surface area contributed by atoms with Gasteiger partial charge in [0.2, 0.25) is 0 Å². The van der Waals surface area contributed by atoms with Gasteiger partial charge in [-0.25, -0.2) is 4.98 Å². The lowest BCUT2D eigenvalue weighted by Gasteiger charge is -2.04. The van der Waals surface area contributed by atoms with Gasteiger partial charge < -0.3 is 5.32 Å². The topological polar surface area (TPSA) is 60.6 Å². The van der Waals surface area contributed by atoms with E-state index in [1.807, 2.05) is 28.6 Å². The van der Waals surface area contributed by atoms with Crippen molar-refractivity contribution >= 4 is 16.5 Å². The van der Waals surface area contributed by atoms with Crippen LogP contribution in [0.25, 0.3) is 10.6 Å². The fraction of sp³-hybridized carbons (Fsp3) is 0.318. The molecule has 0 bridgehead atoms. The first-order chi connectivity index (χ1) is 14.0. The first-order valence-electron chi connectivity index (χ1n) is 9.87. The molecule has 0 saturated heterocycles. The van der Waals surface area contributed by atoms with Gasteiger partial charge in [0.1, 0.15) is 5.69 Å². The van der Waals surface area contributed by atoms with Crippen molar-refractivity contribution in [2.75, 3.05) is 5.32 Å². The molecule has 0 aliphatic rings. The van der Waals surface area contributed by atoms with Gasteiger partial charge >= 0.3 is 0 Å². The van der Waals surface area contributed by atoms with Gasteiger partial charge in [-0.1, -0.05) is 41.7 Å². The highest BCUT2D eigenvalue weighted by atomic mass is 32.1. The second-order valence-electron chi connectivity index (χ2n) is 7.14. The molecule has 0 unspecified atom stereocenters. The highest BCUT2D eigenvalue weighted by Crippen LogP contribution is 2.32. The molecule has 6 nitrogen and oxygen atoms in total. The maximum Gasteiger partial charge on any atom is 0.183 e. The van der Waals surface area contributed by atoms with E-state index < -0.39 is 0 Å². The van der Waals surface area contributed by atoms with Gasteiger partial charge in [-0.2, -0.15) is 10.2 Å². The van der Waals surface area contributed by atoms with Crippen molar-refractivity contribution < 1.29 is 0 Å². The molecule has 1 N–H and O–H groups in total. The van der Waals surface area contributed by atoms with Crippen LogP contribution in [0, 0.1) is 20.8 Å². The molecule has 1 aromatic carbocycles. The summed E-state index contributed by atoms with van der Waals surface area (Å²) in [5, 5.41) is 13.7. The first-order valence-corrected chi connectivity index (χ1v) is 10.7. The van der Waals surface area contributed by atoms with Crippen LogP contribution in [-0.4, -0.2) is 24.5 Å². The lowest BCUT2D eigenvalue weighted by atomic mass is 10.2. The van der Waals surface area contributed by atoms with Crippen LogP contribution >= 0.6 is 11.3 Å². The Kier molecular flexibility index (Phi) is 5.49. The molecule has 3 aromatic heterocycles. The number of benzene rings is 1. The van der Waals surface area contributed by atoms with E-state index in [0.717, 1.165) is 46.7 Å². The van der Waals surface area contributed by atoms with Gasteiger partial charge in [0.15, 0.2) is 5.13 Å². The third kappa shape index (κ3) is 4.10. The molecule has 4 rings (SSSR count). The van der Waals surface area contributed by atoms with Crippen LogP contribution in [0.2, 0.25) is 0 Å². The zero-order chi connectivity index (χ0) is 20.4. The fourth-order valence-corrected chi connectivity index (χ4v) is 4.44. The Morgan fingerprint density at radius 1 is 1.00 bits per heavy atom. The van der Waals surface area contributed by atoms with Crippen LogP contribution in [-0.2, 0) is 19.6 Å². The Bertz CT molecular complexity index is 1110. The monoisotopic (exact) mass is 406 g/mol. The Morgan fingerprint density at radius 2 is 1.79 bits per heavy atom. The third-order valence-electron chi connectivity index (χ3n) is 5.10. The van der Waals surface area contributed by atoms with E-state index in [1.54, 1.807) is 11.3 Å². The van der Waals surface area contributed by atoms with Gasteiger partial charge in [-0.3, -0.25) is 9.36 Å². The quantitative estimate of drug-likeness (QED) is 0.478. The lowest BCUT2D eigenvalue weighted by Crippen LogP contribution is -2.03. The van der Waals surface area contributed by atoms with Crippen molar-refractivity contribution in [2.24, 2.45) is 0 Å². The van der Waals surface area contributed by atoms with Crippen molar-refractivity contribution in [2.45, 2.75) is 47.3 Å². The zero-order valence-corrected chi connectivity index (χ0v) is 18.1. The Balaban J connectivity index is 1.48. The number of nitrogens with zero attached hydrogens (tertiary/aromatic N) is 5. The van der Waals surface area contributed by atoms with E-state index in [9.17, 15) is 0 Å². The summed E-state index contributed by atoms with van der Waals surface area (Å²) in [4.78, 5) is 5.82. The minimum absolute atomic E-state index is 0.729. The number of aromatic nitrogens is 5. The number of thiazole rings is 1. The lowest BCUT2D eigenvalue weighted by molar-refractivity contribution is 0.633. The minimum Gasteiger partial charge on any atom is -0.357 e. The molecule has 0 atom stereocenters. The second-order valence-corrected chi connectivity index (χ2v) is 8.14. The molecule has 0 aliphatic heterocycles. The number of anilines is 1. The van der Waals surface area contributed by atoms with Gasteiger partial charge in [0, 0.05) is 30.5 Å². The van der Waals surface area contributed by atoms with Crippen LogP contribution in [0.1, 0.15) is 35.1 Å². The SMILES string of the molecule is CCn1nc(C)c(CNc2nc(C)c(-c3ccn(Cc4ccccc4)n3)s2)c1C. The molecule has 7 heteroatoms. The molecule has 0 aliphatic carbocycles.